The maximum Gasteiger partial charge on any atom is 0.0710 e. The summed E-state index contributed by atoms with van der Waals surface area (Å²) in [6.07, 6.45) is 6.94. The highest BCUT2D eigenvalue weighted by Gasteiger charge is 2.09. The summed E-state index contributed by atoms with van der Waals surface area (Å²) >= 11 is 0. The molecule has 2 nitrogen and oxygen atoms in total. The van der Waals surface area contributed by atoms with Gasteiger partial charge in [0.2, 0.25) is 0 Å². The third kappa shape index (κ3) is 4.28. The van der Waals surface area contributed by atoms with Gasteiger partial charge >= 0.3 is 0 Å². The molecule has 0 atom stereocenters. The number of hydrogen-bond acceptors (Lipinski definition) is 2. The molecule has 0 aliphatic rings. The summed E-state index contributed by atoms with van der Waals surface area (Å²) in [5.74, 6) is 0. The van der Waals surface area contributed by atoms with Gasteiger partial charge < -0.3 is 5.32 Å². The predicted molar refractivity (Wildman–Crippen MR) is 118 cm³/mol. The van der Waals surface area contributed by atoms with Crippen LogP contribution in [0.25, 0.3) is 17.0 Å². The minimum absolute atomic E-state index is 0.900. The lowest BCUT2D eigenvalue weighted by molar-refractivity contribution is 0.921. The molecular formula is C25H28N2. The molecule has 1 heterocycles. The second-order valence-electron chi connectivity index (χ2n) is 7.22. The minimum Gasteiger partial charge on any atom is -0.360 e. The van der Waals surface area contributed by atoms with Crippen LogP contribution in [0.1, 0.15) is 48.1 Å². The average Bonchev–Trinajstić information content (AvgIpc) is 2.63. The van der Waals surface area contributed by atoms with Crippen LogP contribution in [-0.4, -0.2) is 4.98 Å². The number of benzene rings is 2. The molecule has 0 saturated carbocycles. The van der Waals surface area contributed by atoms with E-state index in [1.54, 1.807) is 0 Å². The molecule has 0 aliphatic heterocycles. The third-order valence-electron chi connectivity index (χ3n) is 4.91. The van der Waals surface area contributed by atoms with Gasteiger partial charge in [-0.25, -0.2) is 0 Å². The Morgan fingerprint density at radius 2 is 1.93 bits per heavy atom. The molecule has 0 bridgehead atoms. The van der Waals surface area contributed by atoms with E-state index in [0.717, 1.165) is 36.2 Å². The number of allylic oxidation sites excluding steroid dienone is 1. The second kappa shape index (κ2) is 8.22. The van der Waals surface area contributed by atoms with E-state index < -0.39 is 0 Å². The van der Waals surface area contributed by atoms with Crippen LogP contribution in [0.15, 0.2) is 61.4 Å². The maximum atomic E-state index is 4.60. The number of aromatic nitrogens is 1. The summed E-state index contributed by atoms with van der Waals surface area (Å²) < 4.78 is 0. The van der Waals surface area contributed by atoms with Gasteiger partial charge in [0, 0.05) is 23.0 Å². The van der Waals surface area contributed by atoms with Gasteiger partial charge in [0.1, 0.15) is 0 Å². The Morgan fingerprint density at radius 3 is 2.59 bits per heavy atom. The Bertz CT molecular complexity index is 999. The van der Waals surface area contributed by atoms with Crippen LogP contribution in [-0.2, 0) is 12.8 Å². The SMILES string of the molecule is C=Cc1cc2nccc(Cc3ccc(NC(=C)C)cc3C)c2cc1CCC. The standard InChI is InChI=1S/C25H28N2/c1-6-8-21-15-24-22(11-12-26-25(24)16-19(21)7-2)14-20-9-10-23(13-18(20)5)27-17(3)4/h7,9-13,15-16,27H,2-3,6,8,14H2,1,4-5H3. The van der Waals surface area contributed by atoms with Crippen LogP contribution in [0.2, 0.25) is 0 Å². The van der Waals surface area contributed by atoms with E-state index in [-0.39, 0.29) is 0 Å². The number of pyridine rings is 1. The van der Waals surface area contributed by atoms with E-state index in [0.29, 0.717) is 0 Å². The molecule has 2 heteroatoms. The summed E-state index contributed by atoms with van der Waals surface area (Å²) in [7, 11) is 0. The molecule has 3 aromatic rings. The summed E-state index contributed by atoms with van der Waals surface area (Å²) in [6.45, 7) is 14.2. The van der Waals surface area contributed by atoms with Crippen molar-refractivity contribution in [3.05, 3.63) is 89.3 Å². The number of fused-ring (bicyclic) bond motifs is 1. The summed E-state index contributed by atoms with van der Waals surface area (Å²) in [5.41, 5.74) is 9.56. The zero-order valence-electron chi connectivity index (χ0n) is 16.6. The normalized spacial score (nSPS) is 10.8. The number of nitrogens with one attached hydrogen (secondary N) is 1. The van der Waals surface area contributed by atoms with E-state index in [9.17, 15) is 0 Å². The molecule has 1 aromatic heterocycles. The molecule has 1 N–H and O–H groups in total. The zero-order valence-corrected chi connectivity index (χ0v) is 16.6. The molecule has 0 fully saturated rings. The van der Waals surface area contributed by atoms with Crippen molar-refractivity contribution >= 4 is 22.7 Å². The van der Waals surface area contributed by atoms with Crippen molar-refractivity contribution in [1.82, 2.24) is 4.98 Å². The maximum absolute atomic E-state index is 4.60. The van der Waals surface area contributed by atoms with Crippen LogP contribution in [0, 0.1) is 6.92 Å². The van der Waals surface area contributed by atoms with Crippen LogP contribution >= 0.6 is 0 Å². The van der Waals surface area contributed by atoms with Gasteiger partial charge in [0.25, 0.3) is 0 Å². The zero-order chi connectivity index (χ0) is 19.4. The molecule has 138 valence electrons. The van der Waals surface area contributed by atoms with Gasteiger partial charge in [-0.15, -0.1) is 0 Å². The first-order chi connectivity index (χ1) is 13.0. The molecule has 0 unspecified atom stereocenters. The fraction of sp³-hybridized carbons (Fsp3) is 0.240. The molecule has 27 heavy (non-hydrogen) atoms. The summed E-state index contributed by atoms with van der Waals surface area (Å²) in [5, 5.41) is 4.53. The van der Waals surface area contributed by atoms with E-state index >= 15 is 0 Å². The van der Waals surface area contributed by atoms with Crippen molar-refractivity contribution in [1.29, 1.82) is 0 Å². The van der Waals surface area contributed by atoms with Crippen molar-refractivity contribution in [2.24, 2.45) is 0 Å². The van der Waals surface area contributed by atoms with Crippen molar-refractivity contribution in [2.75, 3.05) is 5.32 Å². The predicted octanol–water partition coefficient (Wildman–Crippen LogP) is 6.68. The first-order valence-electron chi connectivity index (χ1n) is 9.56. The number of rotatable bonds is 7. The average molecular weight is 357 g/mol. The van der Waals surface area contributed by atoms with Gasteiger partial charge in [-0.2, -0.15) is 0 Å². The lowest BCUT2D eigenvalue weighted by Crippen LogP contribution is -1.99. The molecule has 0 spiro atoms. The van der Waals surface area contributed by atoms with E-state index in [2.05, 4.69) is 73.7 Å². The molecule has 0 aliphatic carbocycles. The minimum atomic E-state index is 0.900. The topological polar surface area (TPSA) is 24.9 Å². The fourth-order valence-corrected chi connectivity index (χ4v) is 3.56. The summed E-state index contributed by atoms with van der Waals surface area (Å²) in [4.78, 5) is 4.60. The summed E-state index contributed by atoms with van der Waals surface area (Å²) in [6, 6.07) is 13.1. The molecule has 0 amide bonds. The van der Waals surface area contributed by atoms with E-state index in [4.69, 9.17) is 0 Å². The van der Waals surface area contributed by atoms with Gasteiger partial charge in [0.15, 0.2) is 0 Å². The van der Waals surface area contributed by atoms with Gasteiger partial charge in [0.05, 0.1) is 5.52 Å². The van der Waals surface area contributed by atoms with Crippen molar-refractivity contribution in [3.63, 3.8) is 0 Å². The molecule has 3 rings (SSSR count). The third-order valence-corrected chi connectivity index (χ3v) is 4.91. The first kappa shape index (κ1) is 18.9. The van der Waals surface area contributed by atoms with Crippen molar-refractivity contribution in [2.45, 2.75) is 40.0 Å². The largest absolute Gasteiger partial charge is 0.360 e. The van der Waals surface area contributed by atoms with Crippen LogP contribution in [0.3, 0.4) is 0 Å². The lowest BCUT2D eigenvalue weighted by Gasteiger charge is -2.13. The second-order valence-corrected chi connectivity index (χ2v) is 7.22. The van der Waals surface area contributed by atoms with Crippen LogP contribution < -0.4 is 5.32 Å². The van der Waals surface area contributed by atoms with Gasteiger partial charge in [-0.05, 0) is 84.8 Å². The Kier molecular flexibility index (Phi) is 5.75. The van der Waals surface area contributed by atoms with Gasteiger partial charge in [-0.1, -0.05) is 38.6 Å². The Labute approximate surface area is 162 Å². The van der Waals surface area contributed by atoms with E-state index in [1.807, 2.05) is 19.2 Å². The lowest BCUT2D eigenvalue weighted by atomic mass is 9.94. The molecule has 0 radical (unpaired) electrons. The molecular weight excluding hydrogens is 328 g/mol. The first-order valence-corrected chi connectivity index (χ1v) is 9.56. The van der Waals surface area contributed by atoms with Crippen molar-refractivity contribution < 1.29 is 0 Å². The fourth-order valence-electron chi connectivity index (χ4n) is 3.56. The number of aryl methyl sites for hydroxylation is 2. The Balaban J connectivity index is 2.00. The number of anilines is 1. The van der Waals surface area contributed by atoms with Gasteiger partial charge in [-0.3, -0.25) is 4.98 Å². The van der Waals surface area contributed by atoms with Crippen LogP contribution in [0.4, 0.5) is 5.69 Å². The Hall–Kier alpha value is -2.87. The molecule has 0 saturated heterocycles. The highest BCUT2D eigenvalue weighted by Crippen LogP contribution is 2.27. The number of nitrogens with zero attached hydrogens (tertiary/aromatic N) is 1. The monoisotopic (exact) mass is 356 g/mol. The van der Waals surface area contributed by atoms with Crippen molar-refractivity contribution in [3.8, 4) is 0 Å². The van der Waals surface area contributed by atoms with E-state index in [1.165, 1.54) is 33.2 Å². The smallest absolute Gasteiger partial charge is 0.0710 e. The molecule has 2 aromatic carbocycles. The highest BCUT2D eigenvalue weighted by molar-refractivity contribution is 5.86. The highest BCUT2D eigenvalue weighted by atomic mass is 14.9. The Morgan fingerprint density at radius 1 is 1.11 bits per heavy atom. The quantitative estimate of drug-likeness (QED) is 0.511. The van der Waals surface area contributed by atoms with Crippen LogP contribution in [0.5, 0.6) is 0 Å². The number of hydrogen-bond donors (Lipinski definition) is 1.